The average molecular weight is 299 g/mol. The van der Waals surface area contributed by atoms with Gasteiger partial charge in [-0.15, -0.1) is 11.3 Å². The quantitative estimate of drug-likeness (QED) is 0.801. The molecule has 0 bridgehead atoms. The Labute approximate surface area is 125 Å². The molecule has 0 aliphatic carbocycles. The van der Waals surface area contributed by atoms with Crippen LogP contribution in [0, 0.1) is 0 Å². The SMILES string of the molecule is C[C@@H](Nc1ncnc2sccc12)c1ccc2c(c1)OCO2. The molecule has 0 fully saturated rings. The summed E-state index contributed by atoms with van der Waals surface area (Å²) in [5, 5.41) is 6.51. The third-order valence-corrected chi connectivity index (χ3v) is 4.33. The van der Waals surface area contributed by atoms with E-state index in [1.165, 1.54) is 0 Å². The molecule has 0 radical (unpaired) electrons. The van der Waals surface area contributed by atoms with Crippen molar-refractivity contribution in [3.8, 4) is 11.5 Å². The fraction of sp³-hybridized carbons (Fsp3) is 0.200. The summed E-state index contributed by atoms with van der Waals surface area (Å²) in [4.78, 5) is 9.60. The van der Waals surface area contributed by atoms with E-state index in [0.29, 0.717) is 6.79 Å². The molecule has 0 saturated heterocycles. The fourth-order valence-electron chi connectivity index (χ4n) is 2.38. The highest BCUT2D eigenvalue weighted by Crippen LogP contribution is 2.35. The van der Waals surface area contributed by atoms with Gasteiger partial charge in [0.15, 0.2) is 11.5 Å². The van der Waals surface area contributed by atoms with Crippen molar-refractivity contribution in [1.82, 2.24) is 9.97 Å². The van der Waals surface area contributed by atoms with Crippen molar-refractivity contribution in [2.75, 3.05) is 12.1 Å². The van der Waals surface area contributed by atoms with E-state index in [2.05, 4.69) is 22.2 Å². The molecule has 1 aliphatic heterocycles. The van der Waals surface area contributed by atoms with E-state index >= 15 is 0 Å². The lowest BCUT2D eigenvalue weighted by atomic mass is 10.1. The van der Waals surface area contributed by atoms with Crippen LogP contribution in [0.3, 0.4) is 0 Å². The van der Waals surface area contributed by atoms with Gasteiger partial charge in [0.2, 0.25) is 6.79 Å². The molecule has 1 aliphatic rings. The summed E-state index contributed by atoms with van der Waals surface area (Å²) >= 11 is 1.61. The standard InChI is InChI=1S/C15H13N3O2S/c1-9(10-2-3-12-13(6-10)20-8-19-12)18-14-11-4-5-21-15(11)17-7-16-14/h2-7,9H,8H2,1H3,(H,16,17,18)/t9-/m1/s1. The number of benzene rings is 1. The van der Waals surface area contributed by atoms with Crippen molar-refractivity contribution in [3.05, 3.63) is 41.5 Å². The highest BCUT2D eigenvalue weighted by molar-refractivity contribution is 7.16. The lowest BCUT2D eigenvalue weighted by molar-refractivity contribution is 0.174. The molecule has 5 nitrogen and oxygen atoms in total. The molecular weight excluding hydrogens is 286 g/mol. The minimum Gasteiger partial charge on any atom is -0.454 e. The Balaban J connectivity index is 1.63. The van der Waals surface area contributed by atoms with Crippen molar-refractivity contribution in [2.45, 2.75) is 13.0 Å². The molecule has 4 rings (SSSR count). The second-order valence-corrected chi connectivity index (χ2v) is 5.73. The lowest BCUT2D eigenvalue weighted by Gasteiger charge is -2.15. The van der Waals surface area contributed by atoms with E-state index in [1.54, 1.807) is 17.7 Å². The van der Waals surface area contributed by atoms with Gasteiger partial charge in [-0.05, 0) is 36.1 Å². The topological polar surface area (TPSA) is 56.3 Å². The molecule has 21 heavy (non-hydrogen) atoms. The van der Waals surface area contributed by atoms with Crippen molar-refractivity contribution in [2.24, 2.45) is 0 Å². The molecule has 1 aromatic carbocycles. The van der Waals surface area contributed by atoms with Gasteiger partial charge in [-0.1, -0.05) is 6.07 Å². The maximum absolute atomic E-state index is 5.42. The van der Waals surface area contributed by atoms with Crippen LogP contribution in [0.25, 0.3) is 10.2 Å². The first kappa shape index (κ1) is 12.4. The second kappa shape index (κ2) is 4.89. The van der Waals surface area contributed by atoms with Gasteiger partial charge in [-0.25, -0.2) is 9.97 Å². The van der Waals surface area contributed by atoms with Crippen LogP contribution in [0.2, 0.25) is 0 Å². The summed E-state index contributed by atoms with van der Waals surface area (Å²) < 4.78 is 10.8. The van der Waals surface area contributed by atoms with Gasteiger partial charge in [-0.3, -0.25) is 0 Å². The maximum Gasteiger partial charge on any atom is 0.231 e. The number of anilines is 1. The Bertz CT molecular complexity index is 802. The Morgan fingerprint density at radius 1 is 1.19 bits per heavy atom. The van der Waals surface area contributed by atoms with Gasteiger partial charge in [-0.2, -0.15) is 0 Å². The minimum atomic E-state index is 0.109. The summed E-state index contributed by atoms with van der Waals surface area (Å²) in [7, 11) is 0. The molecule has 3 aromatic rings. The number of hydrogen-bond donors (Lipinski definition) is 1. The van der Waals surface area contributed by atoms with Crippen LogP contribution in [0.1, 0.15) is 18.5 Å². The van der Waals surface area contributed by atoms with Crippen LogP contribution in [0.15, 0.2) is 36.0 Å². The number of nitrogens with zero attached hydrogens (tertiary/aromatic N) is 2. The number of fused-ring (bicyclic) bond motifs is 2. The molecule has 6 heteroatoms. The van der Waals surface area contributed by atoms with Crippen LogP contribution in [0.5, 0.6) is 11.5 Å². The summed E-state index contributed by atoms with van der Waals surface area (Å²) in [6.45, 7) is 2.39. The highest BCUT2D eigenvalue weighted by Gasteiger charge is 2.16. The zero-order valence-electron chi connectivity index (χ0n) is 11.4. The van der Waals surface area contributed by atoms with Crippen molar-refractivity contribution in [3.63, 3.8) is 0 Å². The van der Waals surface area contributed by atoms with Gasteiger partial charge < -0.3 is 14.8 Å². The van der Waals surface area contributed by atoms with E-state index in [-0.39, 0.29) is 6.04 Å². The average Bonchev–Trinajstić information content (AvgIpc) is 3.15. The third kappa shape index (κ3) is 2.17. The molecule has 0 amide bonds. The normalized spacial score (nSPS) is 14.3. The predicted octanol–water partition coefficient (Wildman–Crippen LogP) is 3.59. The van der Waals surface area contributed by atoms with Gasteiger partial charge in [0.25, 0.3) is 0 Å². The molecule has 0 unspecified atom stereocenters. The minimum absolute atomic E-state index is 0.109. The van der Waals surface area contributed by atoms with E-state index in [0.717, 1.165) is 33.1 Å². The van der Waals surface area contributed by atoms with Crippen LogP contribution in [-0.4, -0.2) is 16.8 Å². The number of aromatic nitrogens is 2. The molecule has 2 aromatic heterocycles. The monoisotopic (exact) mass is 299 g/mol. The Hall–Kier alpha value is -2.34. The number of hydrogen-bond acceptors (Lipinski definition) is 6. The third-order valence-electron chi connectivity index (χ3n) is 3.51. The van der Waals surface area contributed by atoms with Gasteiger partial charge >= 0.3 is 0 Å². The molecule has 0 saturated carbocycles. The first-order valence-electron chi connectivity index (χ1n) is 6.65. The smallest absolute Gasteiger partial charge is 0.231 e. The van der Waals surface area contributed by atoms with E-state index in [1.807, 2.05) is 29.6 Å². The van der Waals surface area contributed by atoms with Gasteiger partial charge in [0, 0.05) is 0 Å². The number of nitrogens with one attached hydrogen (secondary N) is 1. The van der Waals surface area contributed by atoms with E-state index < -0.39 is 0 Å². The predicted molar refractivity (Wildman–Crippen MR) is 82.0 cm³/mol. The van der Waals surface area contributed by atoms with Crippen molar-refractivity contribution < 1.29 is 9.47 Å². The zero-order valence-corrected chi connectivity index (χ0v) is 12.2. The Morgan fingerprint density at radius 2 is 2.10 bits per heavy atom. The van der Waals surface area contributed by atoms with Crippen LogP contribution in [-0.2, 0) is 0 Å². The fourth-order valence-corrected chi connectivity index (χ4v) is 3.11. The zero-order chi connectivity index (χ0) is 14.2. The van der Waals surface area contributed by atoms with Crippen LogP contribution < -0.4 is 14.8 Å². The van der Waals surface area contributed by atoms with E-state index in [4.69, 9.17) is 9.47 Å². The largest absolute Gasteiger partial charge is 0.454 e. The highest BCUT2D eigenvalue weighted by atomic mass is 32.1. The second-order valence-electron chi connectivity index (χ2n) is 4.84. The van der Waals surface area contributed by atoms with Gasteiger partial charge in [0.1, 0.15) is 17.0 Å². The first-order valence-corrected chi connectivity index (χ1v) is 7.53. The maximum atomic E-state index is 5.42. The Kier molecular flexibility index (Phi) is 2.89. The molecule has 3 heterocycles. The number of thiophene rings is 1. The van der Waals surface area contributed by atoms with Crippen molar-refractivity contribution >= 4 is 27.4 Å². The molecule has 0 spiro atoms. The van der Waals surface area contributed by atoms with Crippen LogP contribution >= 0.6 is 11.3 Å². The molecule has 1 N–H and O–H groups in total. The molecule has 106 valence electrons. The number of ether oxygens (including phenoxy) is 2. The summed E-state index contributed by atoms with van der Waals surface area (Å²) in [5.41, 5.74) is 1.13. The lowest BCUT2D eigenvalue weighted by Crippen LogP contribution is -2.08. The molecule has 1 atom stereocenters. The first-order chi connectivity index (χ1) is 10.3. The van der Waals surface area contributed by atoms with Crippen LogP contribution in [0.4, 0.5) is 5.82 Å². The molecular formula is C15H13N3O2S. The number of rotatable bonds is 3. The summed E-state index contributed by atoms with van der Waals surface area (Å²) in [5.74, 6) is 2.45. The Morgan fingerprint density at radius 3 is 3.05 bits per heavy atom. The van der Waals surface area contributed by atoms with E-state index in [9.17, 15) is 0 Å². The summed E-state index contributed by atoms with van der Waals surface area (Å²) in [6.07, 6.45) is 1.59. The summed E-state index contributed by atoms with van der Waals surface area (Å²) in [6, 6.07) is 8.13. The van der Waals surface area contributed by atoms with Crippen molar-refractivity contribution in [1.29, 1.82) is 0 Å². The van der Waals surface area contributed by atoms with Gasteiger partial charge in [0.05, 0.1) is 11.4 Å².